The molecule has 1 aliphatic heterocycles. The Hall–Kier alpha value is -1.13. The highest BCUT2D eigenvalue weighted by atomic mass is 35.5. The summed E-state index contributed by atoms with van der Waals surface area (Å²) in [6, 6.07) is 12.9. The van der Waals surface area contributed by atoms with Crippen molar-refractivity contribution in [1.29, 1.82) is 0 Å². The molecule has 21 heavy (non-hydrogen) atoms. The summed E-state index contributed by atoms with van der Waals surface area (Å²) >= 11 is 0. The minimum atomic E-state index is 0. The Bertz CT molecular complexity index is 596. The molecule has 0 radical (unpaired) electrons. The van der Waals surface area contributed by atoms with Crippen LogP contribution in [0.4, 0.5) is 0 Å². The van der Waals surface area contributed by atoms with Gasteiger partial charge < -0.3 is 10.4 Å². The SMILES string of the molecule is Cc1ccc([C@@H](CO)N2CCNCC2)c2ccccc12.Cl. The Labute approximate surface area is 132 Å². The van der Waals surface area contributed by atoms with Gasteiger partial charge in [0.15, 0.2) is 0 Å². The van der Waals surface area contributed by atoms with Crippen LogP contribution < -0.4 is 5.32 Å². The van der Waals surface area contributed by atoms with Crippen LogP contribution in [0.1, 0.15) is 17.2 Å². The second-order valence-electron chi connectivity index (χ2n) is 5.50. The van der Waals surface area contributed by atoms with Gasteiger partial charge >= 0.3 is 0 Å². The third-order valence-electron chi connectivity index (χ3n) is 4.30. The lowest BCUT2D eigenvalue weighted by Crippen LogP contribution is -2.46. The fraction of sp³-hybridized carbons (Fsp3) is 0.412. The largest absolute Gasteiger partial charge is 0.394 e. The number of piperazine rings is 1. The quantitative estimate of drug-likeness (QED) is 0.914. The molecule has 0 amide bonds. The average molecular weight is 307 g/mol. The van der Waals surface area contributed by atoms with Crippen molar-refractivity contribution in [3.8, 4) is 0 Å². The van der Waals surface area contributed by atoms with E-state index in [0.717, 1.165) is 26.2 Å². The van der Waals surface area contributed by atoms with Gasteiger partial charge in [0.05, 0.1) is 12.6 Å². The third kappa shape index (κ3) is 3.22. The van der Waals surface area contributed by atoms with E-state index in [1.807, 2.05) is 0 Å². The van der Waals surface area contributed by atoms with E-state index in [9.17, 15) is 5.11 Å². The van der Waals surface area contributed by atoms with E-state index in [1.165, 1.54) is 21.9 Å². The number of benzene rings is 2. The summed E-state index contributed by atoms with van der Waals surface area (Å²) in [4.78, 5) is 2.38. The molecule has 2 aromatic rings. The van der Waals surface area contributed by atoms with Crippen LogP contribution >= 0.6 is 12.4 Å². The molecule has 1 saturated heterocycles. The number of nitrogens with one attached hydrogen (secondary N) is 1. The molecule has 0 spiro atoms. The standard InChI is InChI=1S/C17H22N2O.ClH/c1-13-6-7-16(15-5-3-2-4-14(13)15)17(12-20)19-10-8-18-9-11-19;/h2-7,17-18,20H,8-12H2,1H3;1H/t17-;/m1./s1. The van der Waals surface area contributed by atoms with Crippen molar-refractivity contribution >= 4 is 23.2 Å². The minimum absolute atomic E-state index is 0. The molecule has 3 nitrogen and oxygen atoms in total. The third-order valence-corrected chi connectivity index (χ3v) is 4.30. The van der Waals surface area contributed by atoms with E-state index >= 15 is 0 Å². The van der Waals surface area contributed by atoms with Crippen LogP contribution in [-0.4, -0.2) is 42.8 Å². The molecular formula is C17H23ClN2O. The average Bonchev–Trinajstić information content (AvgIpc) is 2.52. The number of aliphatic hydroxyl groups excluding tert-OH is 1. The first-order valence-corrected chi connectivity index (χ1v) is 7.35. The normalized spacial score (nSPS) is 17.4. The maximum Gasteiger partial charge on any atom is 0.0628 e. The fourth-order valence-electron chi connectivity index (χ4n) is 3.17. The molecule has 1 fully saturated rings. The number of halogens is 1. The molecule has 0 aliphatic carbocycles. The smallest absolute Gasteiger partial charge is 0.0628 e. The summed E-state index contributed by atoms with van der Waals surface area (Å²) in [6.45, 7) is 6.30. The zero-order valence-electron chi connectivity index (χ0n) is 12.4. The maximum absolute atomic E-state index is 9.90. The van der Waals surface area contributed by atoms with Crippen LogP contribution in [0.15, 0.2) is 36.4 Å². The minimum Gasteiger partial charge on any atom is -0.394 e. The second kappa shape index (κ2) is 7.23. The molecule has 114 valence electrons. The molecular weight excluding hydrogens is 284 g/mol. The number of aryl methyl sites for hydroxylation is 1. The molecule has 4 heteroatoms. The van der Waals surface area contributed by atoms with Crippen molar-refractivity contribution in [3.05, 3.63) is 47.5 Å². The molecule has 2 N–H and O–H groups in total. The highest BCUT2D eigenvalue weighted by Crippen LogP contribution is 2.30. The first-order chi connectivity index (χ1) is 9.81. The number of hydrogen-bond donors (Lipinski definition) is 2. The van der Waals surface area contributed by atoms with Gasteiger partial charge in [-0.3, -0.25) is 4.90 Å². The van der Waals surface area contributed by atoms with Crippen molar-refractivity contribution in [2.45, 2.75) is 13.0 Å². The van der Waals surface area contributed by atoms with E-state index in [-0.39, 0.29) is 25.1 Å². The number of nitrogens with zero attached hydrogens (tertiary/aromatic N) is 1. The van der Waals surface area contributed by atoms with Gasteiger partial charge in [-0.15, -0.1) is 12.4 Å². The highest BCUT2D eigenvalue weighted by Gasteiger charge is 2.23. The van der Waals surface area contributed by atoms with Crippen LogP contribution in [0.3, 0.4) is 0 Å². The predicted molar refractivity (Wildman–Crippen MR) is 90.2 cm³/mol. The monoisotopic (exact) mass is 306 g/mol. The molecule has 3 rings (SSSR count). The maximum atomic E-state index is 9.90. The molecule has 1 aliphatic rings. The van der Waals surface area contributed by atoms with Gasteiger partial charge in [-0.05, 0) is 28.8 Å². The van der Waals surface area contributed by atoms with Crippen LogP contribution in [0, 0.1) is 6.92 Å². The number of aliphatic hydroxyl groups is 1. The summed E-state index contributed by atoms with van der Waals surface area (Å²) in [5.74, 6) is 0. The summed E-state index contributed by atoms with van der Waals surface area (Å²) in [5.41, 5.74) is 2.54. The van der Waals surface area contributed by atoms with E-state index in [1.54, 1.807) is 0 Å². The Morgan fingerprint density at radius 3 is 2.43 bits per heavy atom. The van der Waals surface area contributed by atoms with Crippen LogP contribution in [0.5, 0.6) is 0 Å². The van der Waals surface area contributed by atoms with E-state index in [0.29, 0.717) is 0 Å². The summed E-state index contributed by atoms with van der Waals surface area (Å²) in [7, 11) is 0. The summed E-state index contributed by atoms with van der Waals surface area (Å²) in [6.07, 6.45) is 0. The lowest BCUT2D eigenvalue weighted by atomic mass is 9.95. The van der Waals surface area contributed by atoms with Gasteiger partial charge in [-0.2, -0.15) is 0 Å². The Kier molecular flexibility index (Phi) is 5.59. The van der Waals surface area contributed by atoms with Crippen molar-refractivity contribution < 1.29 is 5.11 Å². The van der Waals surface area contributed by atoms with Crippen molar-refractivity contribution in [3.63, 3.8) is 0 Å². The molecule has 1 heterocycles. The number of fused-ring (bicyclic) bond motifs is 1. The number of hydrogen-bond acceptors (Lipinski definition) is 3. The van der Waals surface area contributed by atoms with Gasteiger partial charge in [0.25, 0.3) is 0 Å². The zero-order valence-corrected chi connectivity index (χ0v) is 13.2. The predicted octanol–water partition coefficient (Wildman–Crippen LogP) is 2.51. The van der Waals surface area contributed by atoms with E-state index in [4.69, 9.17) is 0 Å². The van der Waals surface area contributed by atoms with Crippen LogP contribution in [0.25, 0.3) is 10.8 Å². The van der Waals surface area contributed by atoms with Gasteiger partial charge in [0.1, 0.15) is 0 Å². The Morgan fingerprint density at radius 1 is 1.10 bits per heavy atom. The second-order valence-corrected chi connectivity index (χ2v) is 5.50. The van der Waals surface area contributed by atoms with Crippen LogP contribution in [0.2, 0.25) is 0 Å². The summed E-state index contributed by atoms with van der Waals surface area (Å²) in [5, 5.41) is 15.8. The van der Waals surface area contributed by atoms with Gasteiger partial charge in [-0.1, -0.05) is 36.4 Å². The highest BCUT2D eigenvalue weighted by molar-refractivity contribution is 5.89. The molecule has 2 aromatic carbocycles. The van der Waals surface area contributed by atoms with Crippen LogP contribution in [-0.2, 0) is 0 Å². The first-order valence-electron chi connectivity index (χ1n) is 7.35. The summed E-state index contributed by atoms with van der Waals surface area (Å²) < 4.78 is 0. The zero-order chi connectivity index (χ0) is 13.9. The molecule has 0 bridgehead atoms. The molecule has 0 unspecified atom stereocenters. The Balaban J connectivity index is 0.00000161. The van der Waals surface area contributed by atoms with Gasteiger partial charge in [0.2, 0.25) is 0 Å². The lowest BCUT2D eigenvalue weighted by Gasteiger charge is -2.34. The van der Waals surface area contributed by atoms with Crippen molar-refractivity contribution in [1.82, 2.24) is 10.2 Å². The fourth-order valence-corrected chi connectivity index (χ4v) is 3.17. The van der Waals surface area contributed by atoms with Crippen molar-refractivity contribution in [2.75, 3.05) is 32.8 Å². The molecule has 0 aromatic heterocycles. The van der Waals surface area contributed by atoms with Gasteiger partial charge in [-0.25, -0.2) is 0 Å². The first kappa shape index (κ1) is 16.2. The van der Waals surface area contributed by atoms with Crippen molar-refractivity contribution in [2.24, 2.45) is 0 Å². The van der Waals surface area contributed by atoms with E-state index < -0.39 is 0 Å². The van der Waals surface area contributed by atoms with E-state index in [2.05, 4.69) is 53.5 Å². The topological polar surface area (TPSA) is 35.5 Å². The Morgan fingerprint density at radius 2 is 1.76 bits per heavy atom. The lowest BCUT2D eigenvalue weighted by molar-refractivity contribution is 0.111. The van der Waals surface area contributed by atoms with Gasteiger partial charge in [0, 0.05) is 26.2 Å². The number of rotatable bonds is 3. The molecule has 1 atom stereocenters. The molecule has 0 saturated carbocycles.